The third-order valence-electron chi connectivity index (χ3n) is 2.86. The Balaban J connectivity index is 4.18. The SMILES string of the molecule is C/C=C(/CCCC)OC[C@H](O)[C@@H](O)[C@H](S)C(O)CO. The van der Waals surface area contributed by atoms with Crippen molar-refractivity contribution in [1.82, 2.24) is 0 Å². The highest BCUT2D eigenvalue weighted by Gasteiger charge is 2.29. The summed E-state index contributed by atoms with van der Waals surface area (Å²) in [7, 11) is 0. The van der Waals surface area contributed by atoms with Crippen LogP contribution in [0.15, 0.2) is 11.8 Å². The van der Waals surface area contributed by atoms with E-state index in [1.807, 2.05) is 13.0 Å². The van der Waals surface area contributed by atoms with Crippen LogP contribution in [0.4, 0.5) is 0 Å². The van der Waals surface area contributed by atoms with E-state index in [1.54, 1.807) is 0 Å². The molecular weight excluding hydrogens is 268 g/mol. The van der Waals surface area contributed by atoms with Gasteiger partial charge in [-0.1, -0.05) is 13.3 Å². The zero-order valence-corrected chi connectivity index (χ0v) is 12.5. The van der Waals surface area contributed by atoms with Crippen LogP contribution in [0.25, 0.3) is 0 Å². The molecule has 0 aliphatic carbocycles. The van der Waals surface area contributed by atoms with E-state index in [4.69, 9.17) is 9.84 Å². The van der Waals surface area contributed by atoms with E-state index in [2.05, 4.69) is 19.6 Å². The first-order chi connectivity index (χ1) is 8.97. The molecule has 0 spiro atoms. The molecule has 0 aliphatic heterocycles. The number of unbranched alkanes of at least 4 members (excludes halogenated alkanes) is 1. The van der Waals surface area contributed by atoms with Gasteiger partial charge in [-0.2, -0.15) is 12.6 Å². The molecule has 4 N–H and O–H groups in total. The first kappa shape index (κ1) is 18.7. The van der Waals surface area contributed by atoms with Crippen LogP contribution in [-0.2, 0) is 4.74 Å². The van der Waals surface area contributed by atoms with Gasteiger partial charge in [-0.15, -0.1) is 0 Å². The quantitative estimate of drug-likeness (QED) is 0.298. The molecule has 0 aromatic carbocycles. The molecular formula is C13H26O5S. The van der Waals surface area contributed by atoms with Gasteiger partial charge in [-0.3, -0.25) is 0 Å². The average molecular weight is 294 g/mol. The second-order valence-electron chi connectivity index (χ2n) is 4.47. The van der Waals surface area contributed by atoms with Crippen molar-refractivity contribution in [3.05, 3.63) is 11.8 Å². The number of aliphatic hydroxyl groups excluding tert-OH is 4. The largest absolute Gasteiger partial charge is 0.495 e. The molecule has 0 saturated heterocycles. The van der Waals surface area contributed by atoms with Crippen LogP contribution in [0.5, 0.6) is 0 Å². The fourth-order valence-corrected chi connectivity index (χ4v) is 1.80. The molecule has 0 aromatic heterocycles. The Morgan fingerprint density at radius 1 is 1.26 bits per heavy atom. The van der Waals surface area contributed by atoms with Gasteiger partial charge in [-0.25, -0.2) is 0 Å². The summed E-state index contributed by atoms with van der Waals surface area (Å²) in [6.45, 7) is 3.34. The topological polar surface area (TPSA) is 90.2 Å². The van der Waals surface area contributed by atoms with Crippen LogP contribution >= 0.6 is 12.6 Å². The molecule has 114 valence electrons. The smallest absolute Gasteiger partial charge is 0.116 e. The highest BCUT2D eigenvalue weighted by atomic mass is 32.1. The Kier molecular flexibility index (Phi) is 10.4. The summed E-state index contributed by atoms with van der Waals surface area (Å²) in [5.41, 5.74) is 0. The molecule has 0 amide bonds. The fourth-order valence-electron chi connectivity index (χ4n) is 1.51. The Morgan fingerprint density at radius 2 is 1.89 bits per heavy atom. The number of hydrogen-bond acceptors (Lipinski definition) is 6. The molecule has 6 heteroatoms. The van der Waals surface area contributed by atoms with Gasteiger partial charge in [0.05, 0.1) is 29.8 Å². The van der Waals surface area contributed by atoms with Gasteiger partial charge >= 0.3 is 0 Å². The summed E-state index contributed by atoms with van der Waals surface area (Å²) in [6, 6.07) is 0. The van der Waals surface area contributed by atoms with Gasteiger partial charge in [0.1, 0.15) is 12.7 Å². The van der Waals surface area contributed by atoms with Crippen LogP contribution in [0.2, 0.25) is 0 Å². The Morgan fingerprint density at radius 3 is 2.37 bits per heavy atom. The molecule has 0 bridgehead atoms. The van der Waals surface area contributed by atoms with Crippen molar-refractivity contribution in [1.29, 1.82) is 0 Å². The van der Waals surface area contributed by atoms with Crippen LogP contribution in [-0.4, -0.2) is 57.2 Å². The van der Waals surface area contributed by atoms with Crippen LogP contribution in [0.3, 0.4) is 0 Å². The maximum Gasteiger partial charge on any atom is 0.116 e. The van der Waals surface area contributed by atoms with E-state index < -0.39 is 30.2 Å². The lowest BCUT2D eigenvalue weighted by Gasteiger charge is -2.26. The Hall–Kier alpha value is -0.270. The molecule has 4 atom stereocenters. The lowest BCUT2D eigenvalue weighted by molar-refractivity contribution is -0.0451. The molecule has 0 aromatic rings. The second-order valence-corrected chi connectivity index (χ2v) is 5.06. The van der Waals surface area contributed by atoms with Gasteiger partial charge in [0.15, 0.2) is 0 Å². The van der Waals surface area contributed by atoms with Gasteiger partial charge in [0.2, 0.25) is 0 Å². The standard InChI is InChI=1S/C13H26O5S/c1-3-5-6-9(4-2)18-8-11(16)12(17)13(19)10(15)7-14/h4,10-17,19H,3,5-8H2,1-2H3/b9-4-/t10?,11-,12+,13+/m0/s1. The molecule has 0 aliphatic rings. The number of ether oxygens (including phenoxy) is 1. The average Bonchev–Trinajstić information content (AvgIpc) is 2.44. The summed E-state index contributed by atoms with van der Waals surface area (Å²) in [6.07, 6.45) is 1.04. The number of hydrogen-bond donors (Lipinski definition) is 5. The van der Waals surface area contributed by atoms with E-state index in [0.29, 0.717) is 0 Å². The first-order valence-electron chi connectivity index (χ1n) is 6.59. The van der Waals surface area contributed by atoms with E-state index >= 15 is 0 Å². The second kappa shape index (κ2) is 10.5. The van der Waals surface area contributed by atoms with Gasteiger partial charge in [-0.05, 0) is 19.4 Å². The number of thiol groups is 1. The van der Waals surface area contributed by atoms with Crippen molar-refractivity contribution < 1.29 is 25.2 Å². The van der Waals surface area contributed by atoms with Crippen molar-refractivity contribution in [2.24, 2.45) is 0 Å². The Bertz CT molecular complexity index is 259. The molecule has 19 heavy (non-hydrogen) atoms. The van der Waals surface area contributed by atoms with Gasteiger partial charge < -0.3 is 25.2 Å². The Labute approximate surface area is 120 Å². The molecule has 0 heterocycles. The van der Waals surface area contributed by atoms with Crippen LogP contribution in [0.1, 0.15) is 33.1 Å². The van der Waals surface area contributed by atoms with Gasteiger partial charge in [0.25, 0.3) is 0 Å². The third kappa shape index (κ3) is 7.17. The maximum atomic E-state index is 9.76. The minimum absolute atomic E-state index is 0.0697. The monoisotopic (exact) mass is 294 g/mol. The minimum atomic E-state index is -1.27. The highest BCUT2D eigenvalue weighted by molar-refractivity contribution is 7.81. The third-order valence-corrected chi connectivity index (χ3v) is 3.51. The summed E-state index contributed by atoms with van der Waals surface area (Å²) < 4.78 is 5.41. The fraction of sp³-hybridized carbons (Fsp3) is 0.846. The van der Waals surface area contributed by atoms with E-state index in [9.17, 15) is 15.3 Å². The summed E-state index contributed by atoms with van der Waals surface area (Å²) in [5, 5.41) is 36.7. The number of aliphatic hydroxyl groups is 4. The summed E-state index contributed by atoms with van der Waals surface area (Å²) in [4.78, 5) is 0. The van der Waals surface area contributed by atoms with Crippen molar-refractivity contribution in [2.45, 2.75) is 56.7 Å². The normalized spacial score (nSPS) is 18.8. The van der Waals surface area contributed by atoms with Crippen molar-refractivity contribution in [3.63, 3.8) is 0 Å². The molecule has 0 saturated carbocycles. The van der Waals surface area contributed by atoms with E-state index in [0.717, 1.165) is 25.0 Å². The van der Waals surface area contributed by atoms with Crippen molar-refractivity contribution in [2.75, 3.05) is 13.2 Å². The summed E-state index contributed by atoms with van der Waals surface area (Å²) >= 11 is 3.97. The van der Waals surface area contributed by atoms with Crippen LogP contribution < -0.4 is 0 Å². The van der Waals surface area contributed by atoms with Crippen molar-refractivity contribution in [3.8, 4) is 0 Å². The van der Waals surface area contributed by atoms with Crippen LogP contribution in [0, 0.1) is 0 Å². The molecule has 0 fully saturated rings. The number of rotatable bonds is 10. The summed E-state index contributed by atoms with van der Waals surface area (Å²) in [5.74, 6) is 0.770. The number of allylic oxidation sites excluding steroid dienone is 2. The highest BCUT2D eigenvalue weighted by Crippen LogP contribution is 2.14. The predicted molar refractivity (Wildman–Crippen MR) is 77.1 cm³/mol. The zero-order chi connectivity index (χ0) is 14.8. The molecule has 1 unspecified atom stereocenters. The predicted octanol–water partition coefficient (Wildman–Crippen LogP) is 0.470. The molecule has 0 rings (SSSR count). The zero-order valence-electron chi connectivity index (χ0n) is 11.6. The lowest BCUT2D eigenvalue weighted by atomic mass is 10.1. The maximum absolute atomic E-state index is 9.76. The molecule has 0 radical (unpaired) electrons. The van der Waals surface area contributed by atoms with E-state index in [-0.39, 0.29) is 6.61 Å². The van der Waals surface area contributed by atoms with E-state index in [1.165, 1.54) is 0 Å². The minimum Gasteiger partial charge on any atom is -0.495 e. The van der Waals surface area contributed by atoms with Crippen molar-refractivity contribution >= 4 is 12.6 Å². The lowest BCUT2D eigenvalue weighted by Crippen LogP contribution is -2.44. The molecule has 5 nitrogen and oxygen atoms in total. The first-order valence-corrected chi connectivity index (χ1v) is 7.10. The van der Waals surface area contributed by atoms with Gasteiger partial charge in [0, 0.05) is 6.42 Å².